The summed E-state index contributed by atoms with van der Waals surface area (Å²) in [5.41, 5.74) is 1.72. The topological polar surface area (TPSA) is 12.5 Å². The molecule has 106 valence electrons. The molecule has 2 rings (SSSR count). The number of hydrogen-bond acceptors (Lipinski definition) is 2. The van der Waals surface area contributed by atoms with E-state index in [1.54, 1.807) is 7.11 Å². The fourth-order valence-electron chi connectivity index (χ4n) is 3.24. The molecule has 0 amide bonds. The minimum absolute atomic E-state index is 0.332. The summed E-state index contributed by atoms with van der Waals surface area (Å²) in [7, 11) is 6.20. The SMILES string of the molecule is COc1cccc(CC2(N(C)C)CCC(C)CC2)c1. The number of ether oxygens (including phenoxy) is 1. The summed E-state index contributed by atoms with van der Waals surface area (Å²) >= 11 is 0. The van der Waals surface area contributed by atoms with Gasteiger partial charge >= 0.3 is 0 Å². The van der Waals surface area contributed by atoms with Crippen molar-refractivity contribution in [2.45, 2.75) is 44.6 Å². The summed E-state index contributed by atoms with van der Waals surface area (Å²) in [4.78, 5) is 2.44. The normalized spacial score (nSPS) is 27.5. The van der Waals surface area contributed by atoms with Crippen LogP contribution in [0.5, 0.6) is 5.75 Å². The van der Waals surface area contributed by atoms with E-state index in [9.17, 15) is 0 Å². The first kappa shape index (κ1) is 14.4. The summed E-state index contributed by atoms with van der Waals surface area (Å²) in [6.07, 6.45) is 6.44. The van der Waals surface area contributed by atoms with E-state index in [2.05, 4.69) is 44.1 Å². The van der Waals surface area contributed by atoms with Crippen LogP contribution in [0.2, 0.25) is 0 Å². The van der Waals surface area contributed by atoms with Gasteiger partial charge in [-0.3, -0.25) is 0 Å². The van der Waals surface area contributed by atoms with E-state index in [0.717, 1.165) is 18.1 Å². The predicted molar refractivity (Wildman–Crippen MR) is 80.7 cm³/mol. The Bertz CT molecular complexity index is 405. The van der Waals surface area contributed by atoms with Crippen molar-refractivity contribution in [1.29, 1.82) is 0 Å². The lowest BCUT2D eigenvalue weighted by molar-refractivity contribution is 0.0829. The molecule has 0 aromatic heterocycles. The molecule has 0 unspecified atom stereocenters. The smallest absolute Gasteiger partial charge is 0.119 e. The van der Waals surface area contributed by atoms with E-state index in [1.807, 2.05) is 6.07 Å². The quantitative estimate of drug-likeness (QED) is 0.818. The Balaban J connectivity index is 2.16. The van der Waals surface area contributed by atoms with Gasteiger partial charge in [-0.15, -0.1) is 0 Å². The number of benzene rings is 1. The average Bonchev–Trinajstić information content (AvgIpc) is 2.41. The molecule has 2 nitrogen and oxygen atoms in total. The molecule has 2 heteroatoms. The third-order valence-corrected chi connectivity index (χ3v) is 4.82. The third-order valence-electron chi connectivity index (χ3n) is 4.82. The third kappa shape index (κ3) is 3.30. The van der Waals surface area contributed by atoms with Crippen LogP contribution in [0, 0.1) is 5.92 Å². The van der Waals surface area contributed by atoms with Crippen LogP contribution in [0.15, 0.2) is 24.3 Å². The van der Waals surface area contributed by atoms with Gasteiger partial charge in [0.1, 0.15) is 5.75 Å². The Hall–Kier alpha value is -1.02. The van der Waals surface area contributed by atoms with Gasteiger partial charge in [-0.1, -0.05) is 19.1 Å². The standard InChI is InChI=1S/C17H27NO/c1-14-8-10-17(11-9-14,18(2)3)13-15-6-5-7-16(12-15)19-4/h5-7,12,14H,8-11,13H2,1-4H3. The Kier molecular flexibility index (Phi) is 4.51. The highest BCUT2D eigenvalue weighted by molar-refractivity contribution is 5.29. The zero-order valence-electron chi connectivity index (χ0n) is 12.8. The van der Waals surface area contributed by atoms with Gasteiger partial charge in [0.2, 0.25) is 0 Å². The number of rotatable bonds is 4. The first-order valence-corrected chi connectivity index (χ1v) is 7.36. The maximum Gasteiger partial charge on any atom is 0.119 e. The second-order valence-corrected chi connectivity index (χ2v) is 6.33. The first-order valence-electron chi connectivity index (χ1n) is 7.36. The highest BCUT2D eigenvalue weighted by Gasteiger charge is 2.36. The van der Waals surface area contributed by atoms with Crippen LogP contribution in [0.3, 0.4) is 0 Å². The fraction of sp³-hybridized carbons (Fsp3) is 0.647. The maximum absolute atomic E-state index is 5.34. The summed E-state index contributed by atoms with van der Waals surface area (Å²) in [6.45, 7) is 2.38. The van der Waals surface area contributed by atoms with Crippen molar-refractivity contribution in [2.24, 2.45) is 5.92 Å². The van der Waals surface area contributed by atoms with E-state index < -0.39 is 0 Å². The molecule has 0 bridgehead atoms. The van der Waals surface area contributed by atoms with Crippen molar-refractivity contribution in [1.82, 2.24) is 4.90 Å². The van der Waals surface area contributed by atoms with Gasteiger partial charge in [-0.2, -0.15) is 0 Å². The van der Waals surface area contributed by atoms with E-state index in [0.29, 0.717) is 5.54 Å². The molecule has 19 heavy (non-hydrogen) atoms. The van der Waals surface area contributed by atoms with Crippen LogP contribution in [-0.4, -0.2) is 31.6 Å². The maximum atomic E-state index is 5.34. The molecule has 1 aromatic rings. The highest BCUT2D eigenvalue weighted by Crippen LogP contribution is 2.38. The van der Waals surface area contributed by atoms with Crippen molar-refractivity contribution >= 4 is 0 Å². The lowest BCUT2D eigenvalue weighted by Crippen LogP contribution is -2.48. The minimum atomic E-state index is 0.332. The molecule has 0 N–H and O–H groups in total. The number of methoxy groups -OCH3 is 1. The lowest BCUT2D eigenvalue weighted by Gasteiger charge is -2.45. The van der Waals surface area contributed by atoms with Crippen LogP contribution in [0.25, 0.3) is 0 Å². The molecule has 0 saturated heterocycles. The molecule has 1 saturated carbocycles. The Morgan fingerprint density at radius 3 is 2.53 bits per heavy atom. The van der Waals surface area contributed by atoms with Crippen LogP contribution in [-0.2, 0) is 6.42 Å². The molecule has 1 aliphatic rings. The molecule has 1 aliphatic carbocycles. The molecular formula is C17H27NO. The van der Waals surface area contributed by atoms with Crippen molar-refractivity contribution in [3.8, 4) is 5.75 Å². The van der Waals surface area contributed by atoms with E-state index in [4.69, 9.17) is 4.74 Å². The molecule has 1 fully saturated rings. The summed E-state index contributed by atoms with van der Waals surface area (Å²) in [5.74, 6) is 1.86. The second-order valence-electron chi connectivity index (χ2n) is 6.33. The Morgan fingerprint density at radius 1 is 1.26 bits per heavy atom. The van der Waals surface area contributed by atoms with Crippen LogP contribution in [0.4, 0.5) is 0 Å². The molecule has 0 atom stereocenters. The Labute approximate surface area is 117 Å². The van der Waals surface area contributed by atoms with Gasteiger partial charge < -0.3 is 9.64 Å². The van der Waals surface area contributed by atoms with Crippen LogP contribution in [0.1, 0.15) is 38.2 Å². The van der Waals surface area contributed by atoms with Gasteiger partial charge in [0.25, 0.3) is 0 Å². The second kappa shape index (κ2) is 5.96. The molecule has 0 radical (unpaired) electrons. The van der Waals surface area contributed by atoms with E-state index >= 15 is 0 Å². The van der Waals surface area contributed by atoms with Gasteiger partial charge in [0.15, 0.2) is 0 Å². The minimum Gasteiger partial charge on any atom is -0.497 e. The average molecular weight is 261 g/mol. The van der Waals surface area contributed by atoms with Crippen molar-refractivity contribution < 1.29 is 4.74 Å². The molecule has 0 aliphatic heterocycles. The van der Waals surface area contributed by atoms with Crippen LogP contribution < -0.4 is 4.74 Å². The van der Waals surface area contributed by atoms with Gasteiger partial charge in [-0.05, 0) is 69.8 Å². The predicted octanol–water partition coefficient (Wildman–Crippen LogP) is 3.75. The van der Waals surface area contributed by atoms with Gasteiger partial charge in [-0.25, -0.2) is 0 Å². The van der Waals surface area contributed by atoms with Crippen molar-refractivity contribution in [3.63, 3.8) is 0 Å². The number of likely N-dealkylation sites (N-methyl/N-ethyl adjacent to an activating group) is 1. The lowest BCUT2D eigenvalue weighted by atomic mass is 9.73. The van der Waals surface area contributed by atoms with Crippen molar-refractivity contribution in [2.75, 3.05) is 21.2 Å². The summed E-state index contributed by atoms with van der Waals surface area (Å²) in [5, 5.41) is 0. The van der Waals surface area contributed by atoms with E-state index in [1.165, 1.54) is 31.2 Å². The summed E-state index contributed by atoms with van der Waals surface area (Å²) < 4.78 is 5.34. The zero-order valence-corrected chi connectivity index (χ0v) is 12.8. The van der Waals surface area contributed by atoms with Gasteiger partial charge in [0.05, 0.1) is 7.11 Å². The first-order chi connectivity index (χ1) is 9.05. The van der Waals surface area contributed by atoms with E-state index in [-0.39, 0.29) is 0 Å². The fourth-order valence-corrected chi connectivity index (χ4v) is 3.24. The number of hydrogen-bond donors (Lipinski definition) is 0. The van der Waals surface area contributed by atoms with Gasteiger partial charge in [0, 0.05) is 5.54 Å². The van der Waals surface area contributed by atoms with Crippen molar-refractivity contribution in [3.05, 3.63) is 29.8 Å². The van der Waals surface area contributed by atoms with Crippen LogP contribution >= 0.6 is 0 Å². The Morgan fingerprint density at radius 2 is 1.95 bits per heavy atom. The zero-order chi connectivity index (χ0) is 13.9. The molecule has 0 heterocycles. The highest BCUT2D eigenvalue weighted by atomic mass is 16.5. The molecule has 0 spiro atoms. The molecule has 1 aromatic carbocycles. The molecular weight excluding hydrogens is 234 g/mol. The number of nitrogens with zero attached hydrogens (tertiary/aromatic N) is 1. The monoisotopic (exact) mass is 261 g/mol. The summed E-state index contributed by atoms with van der Waals surface area (Å²) in [6, 6.07) is 8.53. The largest absolute Gasteiger partial charge is 0.497 e.